The first-order valence-corrected chi connectivity index (χ1v) is 31.0. The average molecular weight is 1240 g/mol. The fraction of sp³-hybridized carbons (Fsp3) is 0.300. The summed E-state index contributed by atoms with van der Waals surface area (Å²) in [5, 5.41) is 24.2. The molecule has 470 valence electrons. The standard InChI is InChI=1S/C24H23N3O5.C23H21N4O3.C18H16N2O2.C5H9NO2/c28-21-17-8-3-4-9-18(17)22(29)27(21)14-20-16-7-2-1-6-15(16)11-13-26(20)24(32)25-12-5-10-19(25)23(30)31;1-24-12-13-25(15-24)23(30)26-11-10-16-6-2-3-7-17(16)20(26)14-27-21(28)18-8-4-5-9-19(18)22(27)29;21-17-14-7-3-4-8-15(14)18(22)20(17)11-16-13-6-2-1-5-12(13)9-10-19-16;7-5(8)4-2-1-3-6-4/h1-4,6-9,19-20H,5,10-14H2,(H,30,31);2-9,12-13,15,20H,10-11,14H2,1H3;1-8,16,19H,9-11H2;4,6H,1-3H2,(H,7,8)/q;+1;;. The van der Waals surface area contributed by atoms with Gasteiger partial charge < -0.3 is 30.6 Å². The number of carbonyl (C=O) groups excluding carboxylic acids is 8. The molecule has 7 aromatic rings. The smallest absolute Gasteiger partial charge is 0.416 e. The fourth-order valence-corrected chi connectivity index (χ4v) is 13.7. The maximum Gasteiger partial charge on any atom is 0.416 e. The lowest BCUT2D eigenvalue weighted by Crippen LogP contribution is -2.53. The second-order valence-corrected chi connectivity index (χ2v) is 23.8. The van der Waals surface area contributed by atoms with E-state index in [2.05, 4.69) is 22.8 Å². The average Bonchev–Trinajstić information content (AvgIpc) is 1.53. The van der Waals surface area contributed by atoms with E-state index in [1.807, 2.05) is 67.7 Å². The first-order chi connectivity index (χ1) is 44.6. The number of benzene rings is 6. The Morgan fingerprint density at radius 2 is 0.880 bits per heavy atom. The molecular weight excluding hydrogens is 1170 g/mol. The lowest BCUT2D eigenvalue weighted by molar-refractivity contribution is -0.670. The highest BCUT2D eigenvalue weighted by atomic mass is 16.4. The summed E-state index contributed by atoms with van der Waals surface area (Å²) < 4.78 is 3.33. The number of aliphatic carboxylic acids is 2. The van der Waals surface area contributed by atoms with Gasteiger partial charge >= 0.3 is 24.0 Å². The van der Waals surface area contributed by atoms with Gasteiger partial charge in [-0.05, 0) is 128 Å². The van der Waals surface area contributed by atoms with Crippen LogP contribution in [0.3, 0.4) is 0 Å². The Balaban J connectivity index is 0.000000127. The van der Waals surface area contributed by atoms with Crippen molar-refractivity contribution in [2.24, 2.45) is 7.05 Å². The molecule has 9 heterocycles. The van der Waals surface area contributed by atoms with E-state index in [9.17, 15) is 53.1 Å². The number of nitrogens with one attached hydrogen (secondary N) is 2. The molecule has 4 N–H and O–H groups in total. The van der Waals surface area contributed by atoms with Gasteiger partial charge in [-0.2, -0.15) is 4.57 Å². The quantitative estimate of drug-likeness (QED) is 0.0910. The van der Waals surface area contributed by atoms with Gasteiger partial charge in [0.25, 0.3) is 41.8 Å². The van der Waals surface area contributed by atoms with E-state index in [4.69, 9.17) is 5.11 Å². The number of urea groups is 1. The van der Waals surface area contributed by atoms with E-state index in [0.717, 1.165) is 61.0 Å². The number of hydrogen-bond acceptors (Lipinski definition) is 12. The van der Waals surface area contributed by atoms with Crippen LogP contribution in [0.1, 0.15) is 139 Å². The Morgan fingerprint density at radius 1 is 0.457 bits per heavy atom. The zero-order chi connectivity index (χ0) is 64.3. The van der Waals surface area contributed by atoms with E-state index in [0.29, 0.717) is 78.8 Å². The molecule has 2 fully saturated rings. The monoisotopic (exact) mass is 1240 g/mol. The van der Waals surface area contributed by atoms with Crippen molar-refractivity contribution in [3.05, 3.63) is 231 Å². The predicted molar refractivity (Wildman–Crippen MR) is 333 cm³/mol. The van der Waals surface area contributed by atoms with Crippen LogP contribution >= 0.6 is 0 Å². The van der Waals surface area contributed by atoms with Crippen LogP contribution < -0.4 is 15.2 Å². The van der Waals surface area contributed by atoms with Crippen molar-refractivity contribution in [1.82, 2.24) is 44.6 Å². The van der Waals surface area contributed by atoms with Gasteiger partial charge in [0.1, 0.15) is 24.5 Å². The summed E-state index contributed by atoms with van der Waals surface area (Å²) in [5.74, 6) is -3.46. The summed E-state index contributed by atoms with van der Waals surface area (Å²) in [4.78, 5) is 134. The van der Waals surface area contributed by atoms with Crippen LogP contribution in [-0.2, 0) is 35.9 Å². The second kappa shape index (κ2) is 26.6. The van der Waals surface area contributed by atoms with E-state index < -0.39 is 30.1 Å². The number of imide groups is 3. The first kappa shape index (κ1) is 61.8. The predicted octanol–water partition coefficient (Wildman–Crippen LogP) is 6.72. The van der Waals surface area contributed by atoms with Gasteiger partial charge in [0.05, 0.1) is 71.6 Å². The molecule has 15 rings (SSSR count). The number of rotatable bonds is 8. The van der Waals surface area contributed by atoms with Gasteiger partial charge in [0, 0.05) is 26.2 Å². The number of aryl methyl sites for hydroxylation is 1. The molecule has 5 unspecified atom stereocenters. The minimum atomic E-state index is -1.01. The van der Waals surface area contributed by atoms with Gasteiger partial charge in [-0.15, -0.1) is 0 Å². The van der Waals surface area contributed by atoms with Gasteiger partial charge in [-0.1, -0.05) is 109 Å². The molecule has 22 nitrogen and oxygen atoms in total. The van der Waals surface area contributed by atoms with E-state index in [-0.39, 0.29) is 72.7 Å². The SMILES string of the molecule is C[n+]1ccn(C(=O)N2CCc3ccccc3C2CN2C(=O)c3ccccc3C2=O)c1.O=C(O)C1CCCN1.O=C(O)C1CCCN1C(=O)N1CCc2ccccc2C1CN1C(=O)c2ccccc2C1=O.O=C1c2ccccc2C(=O)N1CC1NCCc2ccccc21. The molecule has 92 heavy (non-hydrogen) atoms. The zero-order valence-electron chi connectivity index (χ0n) is 50.6. The third kappa shape index (κ3) is 12.1. The van der Waals surface area contributed by atoms with Crippen molar-refractivity contribution < 1.29 is 62.7 Å². The number of fused-ring (bicyclic) bond motifs is 6. The number of carboxylic acids is 2. The van der Waals surface area contributed by atoms with Crippen molar-refractivity contribution in [3.8, 4) is 0 Å². The Morgan fingerprint density at radius 3 is 1.29 bits per heavy atom. The van der Waals surface area contributed by atoms with Crippen LogP contribution in [0.2, 0.25) is 0 Å². The molecule has 0 aliphatic carbocycles. The summed E-state index contributed by atoms with van der Waals surface area (Å²) in [6, 6.07) is 41.9. The Hall–Kier alpha value is -10.5. The molecule has 8 aliphatic rings. The number of carbonyl (C=O) groups is 10. The van der Waals surface area contributed by atoms with E-state index in [1.165, 1.54) is 35.3 Å². The van der Waals surface area contributed by atoms with Gasteiger partial charge in [0.15, 0.2) is 0 Å². The molecule has 9 amide bonds. The van der Waals surface area contributed by atoms with Crippen LogP contribution in [0.15, 0.2) is 164 Å². The summed E-state index contributed by atoms with van der Waals surface area (Å²) in [5.41, 5.74) is 9.13. The second-order valence-electron chi connectivity index (χ2n) is 23.8. The van der Waals surface area contributed by atoms with Crippen LogP contribution in [0.25, 0.3) is 0 Å². The molecule has 1 aromatic heterocycles. The van der Waals surface area contributed by atoms with Gasteiger partial charge in [-0.3, -0.25) is 53.2 Å². The largest absolute Gasteiger partial charge is 0.480 e. The third-order valence-corrected chi connectivity index (χ3v) is 18.4. The number of amides is 9. The van der Waals surface area contributed by atoms with Crippen LogP contribution in [0.5, 0.6) is 0 Å². The topological polar surface area (TPSA) is 263 Å². The summed E-state index contributed by atoms with van der Waals surface area (Å²) in [7, 11) is 1.85. The molecule has 0 radical (unpaired) electrons. The molecule has 22 heteroatoms. The summed E-state index contributed by atoms with van der Waals surface area (Å²) >= 11 is 0. The number of hydrogen-bond donors (Lipinski definition) is 4. The van der Waals surface area contributed by atoms with Gasteiger partial charge in [0.2, 0.25) is 0 Å². The third-order valence-electron chi connectivity index (χ3n) is 18.4. The van der Waals surface area contributed by atoms with Crippen molar-refractivity contribution in [2.75, 3.05) is 52.4 Å². The number of likely N-dealkylation sites (tertiary alicyclic amines) is 1. The Kier molecular flexibility index (Phi) is 17.8. The highest BCUT2D eigenvalue weighted by Crippen LogP contribution is 2.37. The fourth-order valence-electron chi connectivity index (χ4n) is 13.7. The van der Waals surface area contributed by atoms with Crippen LogP contribution in [-0.4, -0.2) is 168 Å². The van der Waals surface area contributed by atoms with Crippen LogP contribution in [0.4, 0.5) is 9.59 Å². The molecule has 0 spiro atoms. The summed E-state index contributed by atoms with van der Waals surface area (Å²) in [6.07, 6.45) is 10.4. The van der Waals surface area contributed by atoms with Gasteiger partial charge in [-0.25, -0.2) is 19.0 Å². The number of nitrogens with zero attached hydrogens (tertiary/aromatic N) is 8. The molecule has 8 aliphatic heterocycles. The molecule has 2 saturated heterocycles. The molecule has 0 bridgehead atoms. The minimum absolute atomic E-state index is 0.00663. The Bertz CT molecular complexity index is 4000. The number of carboxylic acid groups (broad SMARTS) is 2. The van der Waals surface area contributed by atoms with Crippen LogP contribution in [0, 0.1) is 0 Å². The van der Waals surface area contributed by atoms with E-state index >= 15 is 0 Å². The van der Waals surface area contributed by atoms with Crippen molar-refractivity contribution in [3.63, 3.8) is 0 Å². The molecule has 6 aromatic carbocycles. The number of aromatic nitrogens is 2. The first-order valence-electron chi connectivity index (χ1n) is 31.0. The minimum Gasteiger partial charge on any atom is -0.480 e. The lowest BCUT2D eigenvalue weighted by atomic mass is 9.92. The summed E-state index contributed by atoms with van der Waals surface area (Å²) in [6.45, 7) is 3.56. The maximum absolute atomic E-state index is 13.5. The van der Waals surface area contributed by atoms with Crippen molar-refractivity contribution >= 4 is 59.4 Å². The molecule has 5 atom stereocenters. The molecular formula is C70H69N10O12+. The lowest BCUT2D eigenvalue weighted by Gasteiger charge is -2.41. The molecule has 0 saturated carbocycles. The zero-order valence-corrected chi connectivity index (χ0v) is 50.6. The highest BCUT2D eigenvalue weighted by Gasteiger charge is 2.45. The normalized spacial score (nSPS) is 20.8. The highest BCUT2D eigenvalue weighted by molar-refractivity contribution is 6.23. The maximum atomic E-state index is 13.5. The number of imidazole rings is 1. The Labute approximate surface area is 530 Å². The van der Waals surface area contributed by atoms with E-state index in [1.54, 1.807) is 106 Å². The van der Waals surface area contributed by atoms with Crippen molar-refractivity contribution in [1.29, 1.82) is 0 Å². The van der Waals surface area contributed by atoms with Crippen molar-refractivity contribution in [2.45, 2.75) is 75.2 Å².